The largest absolute Gasteiger partial charge is 0.320 e. The number of carbonyl (C=O) groups excluding carboxylic acids is 1. The summed E-state index contributed by atoms with van der Waals surface area (Å²) in [6, 6.07) is 0. The Morgan fingerprint density at radius 1 is 1.23 bits per heavy atom. The zero-order chi connectivity index (χ0) is 17.2. The number of allylic oxidation sites excluding steroid dienone is 1. The van der Waals surface area contributed by atoms with Gasteiger partial charge in [0.1, 0.15) is 0 Å². The minimum Gasteiger partial charge on any atom is -0.320 e. The molecule has 0 aromatic rings. The van der Waals surface area contributed by atoms with E-state index in [1.165, 1.54) is 0 Å². The SMILES string of the molecule is CCCC=CCC(=O)N(C)P(=S)(OC(C)CCCC)N(C)C. The molecule has 0 aliphatic carbocycles. The van der Waals surface area contributed by atoms with Crippen LogP contribution in [0.25, 0.3) is 0 Å². The molecule has 0 saturated heterocycles. The van der Waals surface area contributed by atoms with Gasteiger partial charge in [-0.1, -0.05) is 45.3 Å². The molecule has 6 heteroatoms. The van der Waals surface area contributed by atoms with Crippen molar-refractivity contribution in [3.8, 4) is 0 Å². The van der Waals surface area contributed by atoms with Gasteiger partial charge in [0.25, 0.3) is 0 Å². The molecule has 4 nitrogen and oxygen atoms in total. The van der Waals surface area contributed by atoms with Gasteiger partial charge in [-0.15, -0.1) is 0 Å². The molecular formula is C16H33N2O2PS. The van der Waals surface area contributed by atoms with Crippen molar-refractivity contribution in [2.45, 2.75) is 65.4 Å². The summed E-state index contributed by atoms with van der Waals surface area (Å²) in [5.74, 6) is 0.0204. The molecule has 0 spiro atoms. The van der Waals surface area contributed by atoms with Gasteiger partial charge in [-0.05, 0) is 45.7 Å². The summed E-state index contributed by atoms with van der Waals surface area (Å²) < 4.78 is 9.67. The van der Waals surface area contributed by atoms with Crippen LogP contribution in [0.1, 0.15) is 59.3 Å². The van der Waals surface area contributed by atoms with E-state index in [4.69, 9.17) is 16.3 Å². The minimum atomic E-state index is -2.47. The highest BCUT2D eigenvalue weighted by Gasteiger charge is 2.31. The second-order valence-electron chi connectivity index (χ2n) is 5.78. The summed E-state index contributed by atoms with van der Waals surface area (Å²) in [5, 5.41) is 0. The first-order valence-electron chi connectivity index (χ1n) is 8.17. The van der Waals surface area contributed by atoms with Gasteiger partial charge in [0.15, 0.2) is 0 Å². The van der Waals surface area contributed by atoms with Gasteiger partial charge in [0.2, 0.25) is 12.5 Å². The van der Waals surface area contributed by atoms with Crippen LogP contribution in [0.5, 0.6) is 0 Å². The highest BCUT2D eigenvalue weighted by Crippen LogP contribution is 2.53. The van der Waals surface area contributed by atoms with Crippen LogP contribution in [0.3, 0.4) is 0 Å². The molecule has 2 atom stereocenters. The van der Waals surface area contributed by atoms with Crippen molar-refractivity contribution in [1.29, 1.82) is 0 Å². The molecule has 0 aromatic carbocycles. The van der Waals surface area contributed by atoms with Crippen LogP contribution >= 0.6 is 6.57 Å². The van der Waals surface area contributed by atoms with Crippen LogP contribution in [0, 0.1) is 0 Å². The highest BCUT2D eigenvalue weighted by molar-refractivity contribution is 8.10. The van der Waals surface area contributed by atoms with Gasteiger partial charge in [-0.25, -0.2) is 4.67 Å². The molecule has 0 radical (unpaired) electrons. The number of hydrogen-bond donors (Lipinski definition) is 0. The van der Waals surface area contributed by atoms with Gasteiger partial charge in [0.05, 0.1) is 6.10 Å². The summed E-state index contributed by atoms with van der Waals surface area (Å²) in [4.78, 5) is 12.4. The fourth-order valence-corrected chi connectivity index (χ4v) is 4.47. The van der Waals surface area contributed by atoms with Gasteiger partial charge in [0, 0.05) is 13.5 Å². The Bertz CT molecular complexity index is 400. The first kappa shape index (κ1) is 21.8. The molecule has 0 bridgehead atoms. The third-order valence-electron chi connectivity index (χ3n) is 3.44. The van der Waals surface area contributed by atoms with Crippen LogP contribution in [-0.4, -0.2) is 42.5 Å². The molecule has 0 aliphatic rings. The lowest BCUT2D eigenvalue weighted by Gasteiger charge is -2.37. The Balaban J connectivity index is 4.83. The Hall–Kier alpha value is -0.220. The Labute approximate surface area is 142 Å². The molecule has 130 valence electrons. The highest BCUT2D eigenvalue weighted by atomic mass is 32.5. The first-order chi connectivity index (χ1) is 10.3. The summed E-state index contributed by atoms with van der Waals surface area (Å²) >= 11 is 5.75. The zero-order valence-corrected chi connectivity index (χ0v) is 16.8. The van der Waals surface area contributed by atoms with E-state index in [0.29, 0.717) is 6.42 Å². The topological polar surface area (TPSA) is 32.8 Å². The predicted molar refractivity (Wildman–Crippen MR) is 99.5 cm³/mol. The van der Waals surface area contributed by atoms with E-state index in [0.717, 1.165) is 32.1 Å². The molecule has 0 aromatic heterocycles. The molecule has 0 fully saturated rings. The van der Waals surface area contributed by atoms with Crippen LogP contribution in [0.4, 0.5) is 0 Å². The minimum absolute atomic E-state index is 0.0204. The van der Waals surface area contributed by atoms with Crippen molar-refractivity contribution in [2.24, 2.45) is 0 Å². The summed E-state index contributed by atoms with van der Waals surface area (Å²) in [6.45, 7) is 3.85. The Kier molecular flexibility index (Phi) is 11.2. The fraction of sp³-hybridized carbons (Fsp3) is 0.812. The first-order valence-corrected chi connectivity index (χ1v) is 10.8. The van der Waals surface area contributed by atoms with Crippen molar-refractivity contribution < 1.29 is 9.32 Å². The number of unbranched alkanes of at least 4 members (excludes halogenated alkanes) is 2. The van der Waals surface area contributed by atoms with Gasteiger partial charge in [-0.3, -0.25) is 9.46 Å². The van der Waals surface area contributed by atoms with E-state index in [-0.39, 0.29) is 12.0 Å². The second kappa shape index (κ2) is 11.3. The second-order valence-corrected chi connectivity index (χ2v) is 9.80. The van der Waals surface area contributed by atoms with Crippen molar-refractivity contribution in [3.05, 3.63) is 12.2 Å². The number of rotatable bonds is 11. The van der Waals surface area contributed by atoms with E-state index >= 15 is 0 Å². The average Bonchev–Trinajstić information content (AvgIpc) is 2.48. The Morgan fingerprint density at radius 3 is 2.36 bits per heavy atom. The number of nitrogens with zero attached hydrogens (tertiary/aromatic N) is 2. The lowest BCUT2D eigenvalue weighted by molar-refractivity contribution is -0.125. The molecule has 2 unspecified atom stereocenters. The predicted octanol–water partition coefficient (Wildman–Crippen LogP) is 4.57. The monoisotopic (exact) mass is 348 g/mol. The van der Waals surface area contributed by atoms with Crippen molar-refractivity contribution in [3.63, 3.8) is 0 Å². The third-order valence-corrected chi connectivity index (χ3v) is 8.04. The van der Waals surface area contributed by atoms with E-state index in [1.54, 1.807) is 11.7 Å². The number of carbonyl (C=O) groups is 1. The van der Waals surface area contributed by atoms with Crippen LogP contribution in [0.2, 0.25) is 0 Å². The van der Waals surface area contributed by atoms with Crippen LogP contribution in [0.15, 0.2) is 12.2 Å². The third kappa shape index (κ3) is 7.36. The number of amides is 1. The maximum atomic E-state index is 12.4. The molecule has 1 amide bonds. The van der Waals surface area contributed by atoms with Crippen molar-refractivity contribution >= 4 is 24.3 Å². The van der Waals surface area contributed by atoms with E-state index in [9.17, 15) is 4.79 Å². The van der Waals surface area contributed by atoms with E-state index < -0.39 is 6.57 Å². The van der Waals surface area contributed by atoms with E-state index in [1.807, 2.05) is 31.8 Å². The van der Waals surface area contributed by atoms with Crippen molar-refractivity contribution in [1.82, 2.24) is 9.34 Å². The maximum absolute atomic E-state index is 12.4. The lowest BCUT2D eigenvalue weighted by Crippen LogP contribution is -2.32. The van der Waals surface area contributed by atoms with Crippen LogP contribution in [-0.2, 0) is 21.1 Å². The standard InChI is InChI=1S/C16H33N2O2PS/c1-7-9-11-12-14-16(19)18(6)21(22,17(4)5)20-15(3)13-10-8-2/h11-12,15H,7-10,13-14H2,1-6H3. The van der Waals surface area contributed by atoms with E-state index in [2.05, 4.69) is 19.9 Å². The molecule has 22 heavy (non-hydrogen) atoms. The quantitative estimate of drug-likeness (QED) is 0.404. The fourth-order valence-electron chi connectivity index (χ4n) is 1.95. The molecular weight excluding hydrogens is 315 g/mol. The molecule has 0 N–H and O–H groups in total. The van der Waals surface area contributed by atoms with Crippen molar-refractivity contribution in [2.75, 3.05) is 21.1 Å². The molecule has 0 heterocycles. The zero-order valence-electron chi connectivity index (χ0n) is 15.0. The van der Waals surface area contributed by atoms with Gasteiger partial charge in [-0.2, -0.15) is 0 Å². The Morgan fingerprint density at radius 2 is 1.86 bits per heavy atom. The summed E-state index contributed by atoms with van der Waals surface area (Å²) in [7, 11) is 5.55. The lowest BCUT2D eigenvalue weighted by atomic mass is 10.2. The smallest absolute Gasteiger partial charge is 0.232 e. The average molecular weight is 348 g/mol. The van der Waals surface area contributed by atoms with Gasteiger partial charge < -0.3 is 4.52 Å². The summed E-state index contributed by atoms with van der Waals surface area (Å²) in [6.07, 6.45) is 9.75. The van der Waals surface area contributed by atoms with Crippen LogP contribution < -0.4 is 0 Å². The molecule has 0 rings (SSSR count). The maximum Gasteiger partial charge on any atom is 0.232 e. The normalized spacial score (nSPS) is 16.0. The summed E-state index contributed by atoms with van der Waals surface area (Å²) in [5.41, 5.74) is 0. The number of hydrogen-bond acceptors (Lipinski definition) is 3. The molecule has 0 saturated carbocycles. The molecule has 0 aliphatic heterocycles. The van der Waals surface area contributed by atoms with Gasteiger partial charge >= 0.3 is 0 Å².